The van der Waals surface area contributed by atoms with Gasteiger partial charge in [-0.3, -0.25) is 14.7 Å². The number of nitrogens with zero attached hydrogens (tertiary/aromatic N) is 2. The maximum absolute atomic E-state index is 12.0. The number of hydrogen-bond donors (Lipinski definition) is 2. The third-order valence-electron chi connectivity index (χ3n) is 5.35. The first-order valence-electron chi connectivity index (χ1n) is 8.51. The maximum atomic E-state index is 12.0. The summed E-state index contributed by atoms with van der Waals surface area (Å²) < 4.78 is 5.26. The topological polar surface area (TPSA) is 91.8 Å². The summed E-state index contributed by atoms with van der Waals surface area (Å²) in [7, 11) is 0. The Morgan fingerprint density at radius 1 is 1.52 bits per heavy atom. The number of rotatable bonds is 5. The number of allylic oxidation sites excluding steroid dienone is 2. The van der Waals surface area contributed by atoms with Gasteiger partial charge in [-0.1, -0.05) is 6.08 Å². The van der Waals surface area contributed by atoms with E-state index in [1.807, 2.05) is 12.1 Å². The van der Waals surface area contributed by atoms with Crippen LogP contribution in [0.1, 0.15) is 25.5 Å². The molecular formula is C18H21N3O4. The van der Waals surface area contributed by atoms with Crippen LogP contribution >= 0.6 is 0 Å². The Hall–Kier alpha value is -2.41. The highest BCUT2D eigenvalue weighted by atomic mass is 16.6. The molecule has 0 spiro atoms. The average Bonchev–Trinajstić information content (AvgIpc) is 2.97. The monoisotopic (exact) mass is 343 g/mol. The van der Waals surface area contributed by atoms with Gasteiger partial charge in [-0.05, 0) is 36.5 Å². The van der Waals surface area contributed by atoms with Crippen LogP contribution in [0.4, 0.5) is 10.5 Å². The second-order valence-corrected chi connectivity index (χ2v) is 7.15. The number of carbonyl (C=O) groups excluding carboxylic acids is 2. The van der Waals surface area contributed by atoms with Crippen molar-refractivity contribution in [2.24, 2.45) is 11.3 Å². The largest absolute Gasteiger partial charge is 0.442 e. The van der Waals surface area contributed by atoms with Gasteiger partial charge >= 0.3 is 6.09 Å². The standard InChI is InChI=1S/C18H21N3O4/c1-11(23)19-8-15-9-21(17(24)25-15)14-2-3-16(20-7-14)12-4-13-6-18(13,5-12)10-22/h2-4,7,13,15,22H,5-6,8-10H2,1H3,(H,19,23)/t13-,15-,18+/m0/s1. The van der Waals surface area contributed by atoms with E-state index in [0.717, 1.165) is 18.5 Å². The van der Waals surface area contributed by atoms with E-state index >= 15 is 0 Å². The Morgan fingerprint density at radius 2 is 2.36 bits per heavy atom. The molecule has 0 radical (unpaired) electrons. The summed E-state index contributed by atoms with van der Waals surface area (Å²) in [5, 5.41) is 12.2. The molecule has 1 aliphatic heterocycles. The van der Waals surface area contributed by atoms with Crippen molar-refractivity contribution in [2.45, 2.75) is 25.9 Å². The SMILES string of the molecule is CC(=O)NC[C@H]1CN(c2ccc(C3=C[C@H]4C[C@@]4(CO)C3)nc2)C(=O)O1. The third-order valence-corrected chi connectivity index (χ3v) is 5.35. The Balaban J connectivity index is 1.42. The zero-order valence-corrected chi connectivity index (χ0v) is 14.1. The Labute approximate surface area is 145 Å². The second kappa shape index (κ2) is 5.84. The highest BCUT2D eigenvalue weighted by molar-refractivity contribution is 5.89. The lowest BCUT2D eigenvalue weighted by Gasteiger charge is -2.14. The molecule has 4 rings (SSSR count). The molecule has 3 aliphatic rings. The molecule has 2 heterocycles. The minimum absolute atomic E-state index is 0.0609. The van der Waals surface area contributed by atoms with Crippen LogP contribution in [0.25, 0.3) is 5.57 Å². The smallest absolute Gasteiger partial charge is 0.414 e. The first-order valence-corrected chi connectivity index (χ1v) is 8.51. The molecule has 7 heteroatoms. The minimum Gasteiger partial charge on any atom is -0.442 e. The lowest BCUT2D eigenvalue weighted by molar-refractivity contribution is -0.119. The fourth-order valence-corrected chi connectivity index (χ4v) is 3.74. The maximum Gasteiger partial charge on any atom is 0.414 e. The van der Waals surface area contributed by atoms with Crippen molar-refractivity contribution in [2.75, 3.05) is 24.6 Å². The van der Waals surface area contributed by atoms with E-state index in [4.69, 9.17) is 4.74 Å². The van der Waals surface area contributed by atoms with Crippen molar-refractivity contribution in [1.29, 1.82) is 0 Å². The minimum atomic E-state index is -0.425. The molecule has 0 unspecified atom stereocenters. The van der Waals surface area contributed by atoms with Gasteiger partial charge in [0.15, 0.2) is 0 Å². The third kappa shape index (κ3) is 2.89. The molecule has 7 nitrogen and oxygen atoms in total. The van der Waals surface area contributed by atoms with E-state index in [1.165, 1.54) is 17.4 Å². The van der Waals surface area contributed by atoms with Crippen LogP contribution in [0.3, 0.4) is 0 Å². The number of nitrogens with one attached hydrogen (secondary N) is 1. The van der Waals surface area contributed by atoms with Gasteiger partial charge in [-0.2, -0.15) is 0 Å². The van der Waals surface area contributed by atoms with Gasteiger partial charge in [0.25, 0.3) is 0 Å². The van der Waals surface area contributed by atoms with Gasteiger partial charge in [0.05, 0.1) is 30.7 Å². The van der Waals surface area contributed by atoms with Gasteiger partial charge in [0.1, 0.15) is 6.10 Å². The second-order valence-electron chi connectivity index (χ2n) is 7.15. The highest BCUT2D eigenvalue weighted by Gasteiger charge is 2.56. The number of anilines is 1. The molecule has 1 saturated heterocycles. The Bertz CT molecular complexity index is 745. The van der Waals surface area contributed by atoms with Crippen LogP contribution in [0.5, 0.6) is 0 Å². The number of hydrogen-bond acceptors (Lipinski definition) is 5. The van der Waals surface area contributed by atoms with E-state index < -0.39 is 6.09 Å². The molecule has 2 N–H and O–H groups in total. The van der Waals surface area contributed by atoms with Crippen molar-refractivity contribution in [3.05, 3.63) is 30.1 Å². The van der Waals surface area contributed by atoms with Crippen LogP contribution < -0.4 is 10.2 Å². The van der Waals surface area contributed by atoms with E-state index in [0.29, 0.717) is 24.7 Å². The number of aromatic nitrogens is 1. The molecular weight excluding hydrogens is 322 g/mol. The molecule has 3 atom stereocenters. The number of carbonyl (C=O) groups is 2. The van der Waals surface area contributed by atoms with E-state index in [-0.39, 0.29) is 24.0 Å². The molecule has 132 valence electrons. The Morgan fingerprint density at radius 3 is 3.00 bits per heavy atom. The van der Waals surface area contributed by atoms with Crippen LogP contribution in [0.15, 0.2) is 24.4 Å². The molecule has 2 amide bonds. The van der Waals surface area contributed by atoms with Crippen molar-refractivity contribution in [3.8, 4) is 0 Å². The molecule has 1 saturated carbocycles. The summed E-state index contributed by atoms with van der Waals surface area (Å²) in [6.45, 7) is 2.35. The normalized spacial score (nSPS) is 29.9. The summed E-state index contributed by atoms with van der Waals surface area (Å²) in [4.78, 5) is 29.0. The number of amides is 2. The van der Waals surface area contributed by atoms with Crippen molar-refractivity contribution in [1.82, 2.24) is 10.3 Å². The Kier molecular flexibility index (Phi) is 3.76. The van der Waals surface area contributed by atoms with E-state index in [9.17, 15) is 14.7 Å². The van der Waals surface area contributed by atoms with Crippen LogP contribution in [-0.2, 0) is 9.53 Å². The molecule has 0 aromatic carbocycles. The fourth-order valence-electron chi connectivity index (χ4n) is 3.74. The van der Waals surface area contributed by atoms with Crippen molar-refractivity contribution < 1.29 is 19.4 Å². The van der Waals surface area contributed by atoms with E-state index in [2.05, 4.69) is 16.4 Å². The van der Waals surface area contributed by atoms with Crippen molar-refractivity contribution in [3.63, 3.8) is 0 Å². The average molecular weight is 343 g/mol. The lowest BCUT2D eigenvalue weighted by Crippen LogP contribution is -2.33. The number of fused-ring (bicyclic) bond motifs is 1. The zero-order valence-electron chi connectivity index (χ0n) is 14.1. The summed E-state index contributed by atoms with van der Waals surface area (Å²) >= 11 is 0. The first kappa shape index (κ1) is 16.1. The lowest BCUT2D eigenvalue weighted by atomic mass is 9.99. The molecule has 25 heavy (non-hydrogen) atoms. The quantitative estimate of drug-likeness (QED) is 0.841. The first-order chi connectivity index (χ1) is 12.0. The van der Waals surface area contributed by atoms with Crippen molar-refractivity contribution >= 4 is 23.3 Å². The van der Waals surface area contributed by atoms with Crippen LogP contribution in [-0.4, -0.2) is 47.9 Å². The molecule has 0 bridgehead atoms. The number of cyclic esters (lactones) is 1. The summed E-state index contributed by atoms with van der Waals surface area (Å²) in [5.74, 6) is 0.334. The van der Waals surface area contributed by atoms with Crippen LogP contribution in [0.2, 0.25) is 0 Å². The molecule has 2 aliphatic carbocycles. The molecule has 1 aromatic heterocycles. The van der Waals surface area contributed by atoms with Gasteiger partial charge in [0.2, 0.25) is 5.91 Å². The zero-order chi connectivity index (χ0) is 17.6. The number of ether oxygens (including phenoxy) is 1. The highest BCUT2D eigenvalue weighted by Crippen LogP contribution is 2.63. The molecule has 1 aromatic rings. The predicted molar refractivity (Wildman–Crippen MR) is 90.8 cm³/mol. The fraction of sp³-hybridized carbons (Fsp3) is 0.500. The predicted octanol–water partition coefficient (Wildman–Crippen LogP) is 1.33. The molecule has 2 fully saturated rings. The van der Waals surface area contributed by atoms with Gasteiger partial charge in [0, 0.05) is 18.9 Å². The number of aliphatic hydroxyl groups excluding tert-OH is 1. The van der Waals surface area contributed by atoms with E-state index in [1.54, 1.807) is 6.20 Å². The van der Waals surface area contributed by atoms with Crippen LogP contribution in [0, 0.1) is 11.3 Å². The summed E-state index contributed by atoms with van der Waals surface area (Å²) in [6, 6.07) is 3.77. The number of aliphatic hydroxyl groups is 1. The number of pyridine rings is 1. The summed E-state index contributed by atoms with van der Waals surface area (Å²) in [6.07, 6.45) is 5.04. The summed E-state index contributed by atoms with van der Waals surface area (Å²) in [5.41, 5.74) is 2.81. The van der Waals surface area contributed by atoms with Gasteiger partial charge in [-0.15, -0.1) is 0 Å². The van der Waals surface area contributed by atoms with Gasteiger partial charge in [-0.25, -0.2) is 4.79 Å². The van der Waals surface area contributed by atoms with Gasteiger partial charge < -0.3 is 15.2 Å².